The molecule has 0 saturated heterocycles. The summed E-state index contributed by atoms with van der Waals surface area (Å²) in [4.78, 5) is 4.16. The van der Waals surface area contributed by atoms with Gasteiger partial charge in [-0.1, -0.05) is 0 Å². The minimum Gasteiger partial charge on any atom is -0.327 e. The SMILES string of the molecule is COOSOCOCOS(C)(=O)=O. The van der Waals surface area contributed by atoms with Crippen molar-refractivity contribution in [3.05, 3.63) is 0 Å². The summed E-state index contributed by atoms with van der Waals surface area (Å²) in [5.74, 6) is 0. The molecule has 0 atom stereocenters. The third-order valence-corrected chi connectivity index (χ3v) is 1.53. The van der Waals surface area contributed by atoms with Crippen molar-refractivity contribution < 1.29 is 30.7 Å². The van der Waals surface area contributed by atoms with Crippen molar-refractivity contribution >= 4 is 22.4 Å². The molecular formula is C4H10O7S2. The molecule has 0 aromatic heterocycles. The van der Waals surface area contributed by atoms with Gasteiger partial charge in [0.25, 0.3) is 10.1 Å². The summed E-state index contributed by atoms with van der Waals surface area (Å²) in [7, 11) is -2.16. The van der Waals surface area contributed by atoms with Gasteiger partial charge in [-0.15, -0.1) is 4.33 Å². The Bertz CT molecular complexity index is 201. The zero-order valence-electron chi connectivity index (χ0n) is 7.09. The van der Waals surface area contributed by atoms with E-state index >= 15 is 0 Å². The van der Waals surface area contributed by atoms with Crippen LogP contribution in [0.25, 0.3) is 0 Å². The topological polar surface area (TPSA) is 80.3 Å². The zero-order chi connectivity index (χ0) is 10.2. The van der Waals surface area contributed by atoms with E-state index in [0.29, 0.717) is 12.3 Å². The Balaban J connectivity index is 3.09. The van der Waals surface area contributed by atoms with Gasteiger partial charge in [0.15, 0.2) is 25.9 Å². The van der Waals surface area contributed by atoms with Crippen molar-refractivity contribution in [2.75, 3.05) is 27.0 Å². The maximum absolute atomic E-state index is 10.4. The van der Waals surface area contributed by atoms with Gasteiger partial charge < -0.3 is 4.74 Å². The highest BCUT2D eigenvalue weighted by Gasteiger charge is 2.00. The van der Waals surface area contributed by atoms with E-state index in [2.05, 4.69) is 22.3 Å². The molecule has 0 amide bonds. The third kappa shape index (κ3) is 12.1. The molecule has 0 aliphatic heterocycles. The van der Waals surface area contributed by atoms with E-state index in [4.69, 9.17) is 0 Å². The minimum atomic E-state index is -3.46. The Morgan fingerprint density at radius 2 is 2.00 bits per heavy atom. The van der Waals surface area contributed by atoms with E-state index in [0.717, 1.165) is 6.26 Å². The van der Waals surface area contributed by atoms with Gasteiger partial charge in [-0.05, 0) is 0 Å². The second-order valence-corrected chi connectivity index (χ2v) is 3.83. The van der Waals surface area contributed by atoms with E-state index in [-0.39, 0.29) is 6.79 Å². The van der Waals surface area contributed by atoms with Gasteiger partial charge in [-0.3, -0.25) is 4.18 Å². The van der Waals surface area contributed by atoms with E-state index < -0.39 is 16.9 Å². The van der Waals surface area contributed by atoms with E-state index in [1.54, 1.807) is 0 Å². The monoisotopic (exact) mass is 234 g/mol. The minimum absolute atomic E-state index is 0.177. The fourth-order valence-electron chi connectivity index (χ4n) is 0.257. The molecule has 0 spiro atoms. The summed E-state index contributed by atoms with van der Waals surface area (Å²) >= 11 is 0.559. The molecule has 0 radical (unpaired) electrons. The van der Waals surface area contributed by atoms with Crippen molar-refractivity contribution in [2.45, 2.75) is 0 Å². The van der Waals surface area contributed by atoms with Gasteiger partial charge in [0.2, 0.25) is 0 Å². The first-order chi connectivity index (χ1) is 6.06. The van der Waals surface area contributed by atoms with Crippen LogP contribution in [0.5, 0.6) is 0 Å². The van der Waals surface area contributed by atoms with Crippen LogP contribution in [0.4, 0.5) is 0 Å². The fraction of sp³-hybridized carbons (Fsp3) is 1.00. The predicted molar refractivity (Wildman–Crippen MR) is 43.5 cm³/mol. The van der Waals surface area contributed by atoms with Crippen molar-refractivity contribution in [1.29, 1.82) is 0 Å². The molecule has 0 aromatic carbocycles. The van der Waals surface area contributed by atoms with Gasteiger partial charge in [-0.25, -0.2) is 9.07 Å². The normalized spacial score (nSPS) is 11.8. The molecule has 0 aromatic rings. The molecule has 0 aliphatic rings. The average Bonchev–Trinajstić information content (AvgIpc) is 2.01. The Hall–Kier alpha value is 0.1000. The Kier molecular flexibility index (Phi) is 7.56. The first-order valence-electron chi connectivity index (χ1n) is 2.97. The van der Waals surface area contributed by atoms with Crippen LogP contribution >= 0.6 is 12.3 Å². The molecular weight excluding hydrogens is 224 g/mol. The maximum Gasteiger partial charge on any atom is 0.266 e. The lowest BCUT2D eigenvalue weighted by molar-refractivity contribution is -0.170. The van der Waals surface area contributed by atoms with Gasteiger partial charge in [-0.2, -0.15) is 8.42 Å². The van der Waals surface area contributed by atoms with E-state index in [1.165, 1.54) is 7.11 Å². The summed E-state index contributed by atoms with van der Waals surface area (Å²) in [6.07, 6.45) is 0.917. The van der Waals surface area contributed by atoms with Crippen LogP contribution in [0.2, 0.25) is 0 Å². The first-order valence-corrected chi connectivity index (χ1v) is 5.45. The van der Waals surface area contributed by atoms with Crippen molar-refractivity contribution in [2.24, 2.45) is 0 Å². The quantitative estimate of drug-likeness (QED) is 0.145. The molecule has 0 bridgehead atoms. The number of ether oxygens (including phenoxy) is 1. The summed E-state index contributed by atoms with van der Waals surface area (Å²) in [6, 6.07) is 0. The highest BCUT2D eigenvalue weighted by molar-refractivity contribution is 7.89. The van der Waals surface area contributed by atoms with Gasteiger partial charge in [0.05, 0.1) is 13.4 Å². The Labute approximate surface area is 80.7 Å². The number of hydrogen-bond acceptors (Lipinski definition) is 8. The van der Waals surface area contributed by atoms with Crippen molar-refractivity contribution in [3.63, 3.8) is 0 Å². The zero-order valence-corrected chi connectivity index (χ0v) is 8.72. The molecule has 0 unspecified atom stereocenters. The first kappa shape index (κ1) is 13.1. The molecule has 80 valence electrons. The molecule has 9 heteroatoms. The molecule has 0 heterocycles. The highest BCUT2D eigenvalue weighted by Crippen LogP contribution is 2.03. The maximum atomic E-state index is 10.4. The lowest BCUT2D eigenvalue weighted by Gasteiger charge is -2.02. The highest BCUT2D eigenvalue weighted by atomic mass is 32.2. The molecule has 7 nitrogen and oxygen atoms in total. The van der Waals surface area contributed by atoms with Gasteiger partial charge in [0, 0.05) is 0 Å². The van der Waals surface area contributed by atoms with Crippen LogP contribution in [-0.2, 0) is 32.4 Å². The fourth-order valence-corrected chi connectivity index (χ4v) is 0.702. The van der Waals surface area contributed by atoms with Crippen molar-refractivity contribution in [3.8, 4) is 0 Å². The summed E-state index contributed by atoms with van der Waals surface area (Å²) in [5, 5.41) is 0. The molecule has 0 N–H and O–H groups in total. The van der Waals surface area contributed by atoms with Crippen LogP contribution in [0, 0.1) is 0 Å². The molecule has 0 fully saturated rings. The smallest absolute Gasteiger partial charge is 0.266 e. The molecule has 13 heavy (non-hydrogen) atoms. The van der Waals surface area contributed by atoms with E-state index in [1.807, 2.05) is 0 Å². The van der Waals surface area contributed by atoms with Crippen molar-refractivity contribution in [1.82, 2.24) is 0 Å². The standard InChI is InChI=1S/C4H10O7S2/c1-7-11-12-9-3-8-4-10-13(2,5)6/h3-4H2,1-2H3. The Morgan fingerprint density at radius 1 is 1.31 bits per heavy atom. The molecule has 0 aliphatic carbocycles. The van der Waals surface area contributed by atoms with Crippen LogP contribution in [0.15, 0.2) is 0 Å². The molecule has 0 rings (SSSR count). The lowest BCUT2D eigenvalue weighted by atomic mass is 11.4. The van der Waals surface area contributed by atoms with Gasteiger partial charge in [0.1, 0.15) is 0 Å². The summed E-state index contributed by atoms with van der Waals surface area (Å²) < 4.78 is 38.3. The molecule has 0 saturated carbocycles. The number of rotatable bonds is 8. The van der Waals surface area contributed by atoms with Crippen LogP contribution in [0.1, 0.15) is 0 Å². The van der Waals surface area contributed by atoms with E-state index in [9.17, 15) is 8.42 Å². The summed E-state index contributed by atoms with van der Waals surface area (Å²) in [5.41, 5.74) is 0. The Morgan fingerprint density at radius 3 is 2.54 bits per heavy atom. The lowest BCUT2D eigenvalue weighted by Crippen LogP contribution is -2.08. The average molecular weight is 234 g/mol. The van der Waals surface area contributed by atoms with Gasteiger partial charge >= 0.3 is 0 Å². The third-order valence-electron chi connectivity index (χ3n) is 0.621. The van der Waals surface area contributed by atoms with Crippen LogP contribution < -0.4 is 0 Å². The second kappa shape index (κ2) is 7.50. The largest absolute Gasteiger partial charge is 0.327 e. The predicted octanol–water partition coefficient (Wildman–Crippen LogP) is 0.0520. The van der Waals surface area contributed by atoms with Crippen LogP contribution in [0.3, 0.4) is 0 Å². The van der Waals surface area contributed by atoms with Crippen LogP contribution in [-0.4, -0.2) is 35.4 Å². The second-order valence-electron chi connectivity index (χ2n) is 1.68. The summed E-state index contributed by atoms with van der Waals surface area (Å²) in [6.45, 7) is -0.573. The number of hydrogen-bond donors (Lipinski definition) is 0.